The first-order valence-corrected chi connectivity index (χ1v) is 9.95. The number of nitriles is 1. The number of para-hydroxylation sites is 1. The summed E-state index contributed by atoms with van der Waals surface area (Å²) >= 11 is 1.46. The molecule has 0 radical (unpaired) electrons. The molecule has 6 heteroatoms. The van der Waals surface area contributed by atoms with Crippen molar-refractivity contribution in [3.8, 4) is 11.8 Å². The van der Waals surface area contributed by atoms with Gasteiger partial charge in [-0.1, -0.05) is 32.6 Å². The molecular formula is C22H29N3O2S. The fourth-order valence-corrected chi connectivity index (χ4v) is 2.93. The summed E-state index contributed by atoms with van der Waals surface area (Å²) in [6, 6.07) is 15.4. The van der Waals surface area contributed by atoms with Gasteiger partial charge in [0.1, 0.15) is 11.4 Å². The molecule has 2 aromatic carbocycles. The number of anilines is 2. The third-order valence-corrected chi connectivity index (χ3v) is 4.48. The van der Waals surface area contributed by atoms with E-state index < -0.39 is 5.60 Å². The third-order valence-electron chi connectivity index (χ3n) is 3.65. The second-order valence-corrected chi connectivity index (χ2v) is 7.14. The number of aliphatic hydroxyl groups is 1. The van der Waals surface area contributed by atoms with Crippen molar-refractivity contribution < 1.29 is 9.84 Å². The molecule has 0 bridgehead atoms. The van der Waals surface area contributed by atoms with Crippen LogP contribution in [0.3, 0.4) is 0 Å². The minimum Gasteiger partial charge on any atom is -0.485 e. The molecule has 0 fully saturated rings. The highest BCUT2D eigenvalue weighted by Crippen LogP contribution is 2.33. The van der Waals surface area contributed by atoms with E-state index in [4.69, 9.17) is 10.00 Å². The number of benzene rings is 2. The second-order valence-electron chi connectivity index (χ2n) is 6.26. The van der Waals surface area contributed by atoms with Crippen molar-refractivity contribution in [3.05, 3.63) is 54.6 Å². The second kappa shape index (κ2) is 11.3. The predicted octanol–water partition coefficient (Wildman–Crippen LogP) is 5.56. The van der Waals surface area contributed by atoms with Gasteiger partial charge in [-0.3, -0.25) is 0 Å². The standard InChI is InChI=1S/C20H23N3O2S.C2H6/c1-14(12-21)17-6-5-7-18(19(17)22-4)23-26-16-10-8-15(9-11-16)25-20(2,3)13-24;1-2/h5-11,22-24H,1,13H2,2-4H3;1-2H3. The molecule has 2 rings (SSSR count). The van der Waals surface area contributed by atoms with E-state index in [2.05, 4.69) is 22.7 Å². The molecule has 0 unspecified atom stereocenters. The summed E-state index contributed by atoms with van der Waals surface area (Å²) < 4.78 is 9.03. The van der Waals surface area contributed by atoms with E-state index in [9.17, 15) is 5.11 Å². The summed E-state index contributed by atoms with van der Waals surface area (Å²) in [6.07, 6.45) is 0. The quantitative estimate of drug-likeness (QED) is 0.398. The maximum atomic E-state index is 9.28. The molecule has 28 heavy (non-hydrogen) atoms. The number of allylic oxidation sites excluding steroid dienone is 1. The zero-order valence-corrected chi connectivity index (χ0v) is 18.0. The number of nitrogens with zero attached hydrogens (tertiary/aromatic N) is 1. The predicted molar refractivity (Wildman–Crippen MR) is 120 cm³/mol. The summed E-state index contributed by atoms with van der Waals surface area (Å²) in [5.74, 6) is 0.705. The maximum absolute atomic E-state index is 9.28. The minimum atomic E-state index is -0.613. The lowest BCUT2D eigenvalue weighted by atomic mass is 10.1. The van der Waals surface area contributed by atoms with Gasteiger partial charge in [0.15, 0.2) is 0 Å². The number of rotatable bonds is 8. The Labute approximate surface area is 172 Å². The molecule has 0 saturated carbocycles. The zero-order valence-electron chi connectivity index (χ0n) is 17.2. The van der Waals surface area contributed by atoms with Crippen molar-refractivity contribution >= 4 is 28.9 Å². The molecular weight excluding hydrogens is 370 g/mol. The molecule has 0 saturated heterocycles. The van der Waals surface area contributed by atoms with Crippen LogP contribution in [0, 0.1) is 11.3 Å². The van der Waals surface area contributed by atoms with Crippen LogP contribution in [0.15, 0.2) is 53.9 Å². The van der Waals surface area contributed by atoms with Crippen molar-refractivity contribution in [2.45, 2.75) is 38.2 Å². The van der Waals surface area contributed by atoms with Crippen LogP contribution in [-0.2, 0) is 0 Å². The van der Waals surface area contributed by atoms with Crippen LogP contribution in [0.2, 0.25) is 0 Å². The molecule has 0 spiro atoms. The van der Waals surface area contributed by atoms with E-state index in [1.54, 1.807) is 0 Å². The van der Waals surface area contributed by atoms with Crippen LogP contribution in [0.5, 0.6) is 5.75 Å². The zero-order chi connectivity index (χ0) is 21.2. The Morgan fingerprint density at radius 3 is 2.39 bits per heavy atom. The normalized spacial score (nSPS) is 10.2. The van der Waals surface area contributed by atoms with E-state index in [0.29, 0.717) is 11.3 Å². The van der Waals surface area contributed by atoms with Gasteiger partial charge in [-0.25, -0.2) is 0 Å². The van der Waals surface area contributed by atoms with Crippen molar-refractivity contribution in [3.63, 3.8) is 0 Å². The fourth-order valence-electron chi connectivity index (χ4n) is 2.26. The third kappa shape index (κ3) is 6.52. The lowest BCUT2D eigenvalue weighted by Gasteiger charge is -2.23. The first-order chi connectivity index (χ1) is 13.4. The molecule has 3 N–H and O–H groups in total. The van der Waals surface area contributed by atoms with Crippen LogP contribution in [0.1, 0.15) is 33.3 Å². The Balaban J connectivity index is 0.00000190. The van der Waals surface area contributed by atoms with E-state index >= 15 is 0 Å². The topological polar surface area (TPSA) is 77.3 Å². The van der Waals surface area contributed by atoms with Crippen LogP contribution in [0.25, 0.3) is 5.57 Å². The van der Waals surface area contributed by atoms with Crippen LogP contribution < -0.4 is 14.8 Å². The van der Waals surface area contributed by atoms with Crippen LogP contribution in [0.4, 0.5) is 11.4 Å². The maximum Gasteiger partial charge on any atom is 0.126 e. The summed E-state index contributed by atoms with van der Waals surface area (Å²) in [7, 11) is 1.81. The van der Waals surface area contributed by atoms with E-state index in [1.165, 1.54) is 11.9 Å². The van der Waals surface area contributed by atoms with Gasteiger partial charge in [0.05, 0.1) is 29.6 Å². The highest BCUT2D eigenvalue weighted by atomic mass is 32.2. The molecule has 0 heterocycles. The first kappa shape index (κ1) is 23.4. The largest absolute Gasteiger partial charge is 0.485 e. The molecule has 0 aliphatic rings. The van der Waals surface area contributed by atoms with E-state index in [1.807, 2.05) is 77.2 Å². The van der Waals surface area contributed by atoms with Gasteiger partial charge in [0, 0.05) is 17.5 Å². The Morgan fingerprint density at radius 1 is 1.21 bits per heavy atom. The molecule has 0 aliphatic heterocycles. The molecule has 0 aromatic heterocycles. The molecule has 5 nitrogen and oxygen atoms in total. The SMILES string of the molecule is C=C(C#N)c1cccc(NSc2ccc(OC(C)(C)CO)cc2)c1NC.CC. The monoisotopic (exact) mass is 399 g/mol. The first-order valence-electron chi connectivity index (χ1n) is 9.13. The molecule has 0 amide bonds. The molecule has 2 aromatic rings. The Kier molecular flexibility index (Phi) is 9.43. The lowest BCUT2D eigenvalue weighted by molar-refractivity contribution is 0.0412. The Morgan fingerprint density at radius 2 is 1.86 bits per heavy atom. The number of hydrogen-bond acceptors (Lipinski definition) is 6. The van der Waals surface area contributed by atoms with Crippen molar-refractivity contribution in [2.24, 2.45) is 0 Å². The number of hydrogen-bond donors (Lipinski definition) is 3. The van der Waals surface area contributed by atoms with Gasteiger partial charge in [0.2, 0.25) is 0 Å². The summed E-state index contributed by atoms with van der Waals surface area (Å²) in [4.78, 5) is 1.01. The van der Waals surface area contributed by atoms with Gasteiger partial charge in [0.25, 0.3) is 0 Å². The van der Waals surface area contributed by atoms with Crippen LogP contribution >= 0.6 is 11.9 Å². The Hall–Kier alpha value is -2.62. The summed E-state index contributed by atoms with van der Waals surface area (Å²) in [5, 5.41) is 21.5. The highest BCUT2D eigenvalue weighted by Gasteiger charge is 2.18. The van der Waals surface area contributed by atoms with Gasteiger partial charge < -0.3 is 19.9 Å². The smallest absolute Gasteiger partial charge is 0.126 e. The summed E-state index contributed by atoms with van der Waals surface area (Å²) in [6.45, 7) is 11.4. The van der Waals surface area contributed by atoms with Crippen molar-refractivity contribution in [2.75, 3.05) is 23.7 Å². The average molecular weight is 400 g/mol. The van der Waals surface area contributed by atoms with Gasteiger partial charge in [-0.15, -0.1) is 0 Å². The van der Waals surface area contributed by atoms with E-state index in [-0.39, 0.29) is 6.61 Å². The summed E-state index contributed by atoms with van der Waals surface area (Å²) in [5.41, 5.74) is 2.27. The van der Waals surface area contributed by atoms with Gasteiger partial charge in [-0.2, -0.15) is 5.26 Å². The van der Waals surface area contributed by atoms with Gasteiger partial charge >= 0.3 is 0 Å². The number of ether oxygens (including phenoxy) is 1. The fraction of sp³-hybridized carbons (Fsp3) is 0.318. The lowest BCUT2D eigenvalue weighted by Crippen LogP contribution is -2.32. The number of nitrogens with one attached hydrogen (secondary N) is 2. The Bertz CT molecular complexity index is 812. The number of aliphatic hydroxyl groups excluding tert-OH is 1. The molecule has 150 valence electrons. The van der Waals surface area contributed by atoms with E-state index in [0.717, 1.165) is 21.8 Å². The molecule has 0 aliphatic carbocycles. The highest BCUT2D eigenvalue weighted by molar-refractivity contribution is 8.00. The molecule has 0 atom stereocenters. The van der Waals surface area contributed by atoms with Gasteiger partial charge in [-0.05, 0) is 56.1 Å². The van der Waals surface area contributed by atoms with Crippen LogP contribution in [-0.4, -0.2) is 24.4 Å². The van der Waals surface area contributed by atoms with Crippen molar-refractivity contribution in [1.82, 2.24) is 0 Å². The minimum absolute atomic E-state index is 0.0534. The van der Waals surface area contributed by atoms with Crippen molar-refractivity contribution in [1.29, 1.82) is 5.26 Å². The average Bonchev–Trinajstić information content (AvgIpc) is 2.73.